The highest BCUT2D eigenvalue weighted by Gasteiger charge is 2.13. The minimum atomic E-state index is -0.303. The molecular weight excluding hydrogens is 356 g/mol. The van der Waals surface area contributed by atoms with Gasteiger partial charge in [0.25, 0.3) is 11.5 Å². The van der Waals surface area contributed by atoms with Gasteiger partial charge in [-0.3, -0.25) is 9.59 Å². The highest BCUT2D eigenvalue weighted by molar-refractivity contribution is 9.10. The van der Waals surface area contributed by atoms with Crippen molar-refractivity contribution < 1.29 is 4.79 Å². The SMILES string of the molecule is CC(NC(=O)c1cc2ccccc2c(=O)[nH]1)c1ccc(Br)cc1. The van der Waals surface area contributed by atoms with Crippen LogP contribution in [0.25, 0.3) is 10.8 Å². The number of amides is 1. The van der Waals surface area contributed by atoms with Gasteiger partial charge in [-0.1, -0.05) is 46.3 Å². The monoisotopic (exact) mass is 370 g/mol. The predicted octanol–water partition coefficient (Wildman–Crippen LogP) is 3.78. The van der Waals surface area contributed by atoms with E-state index in [4.69, 9.17) is 0 Å². The first kappa shape index (κ1) is 15.5. The Hall–Kier alpha value is -2.40. The summed E-state index contributed by atoms with van der Waals surface area (Å²) in [7, 11) is 0. The van der Waals surface area contributed by atoms with E-state index in [0.29, 0.717) is 5.39 Å². The first-order valence-corrected chi connectivity index (χ1v) is 8.02. The van der Waals surface area contributed by atoms with Crippen molar-refractivity contribution in [1.82, 2.24) is 10.3 Å². The van der Waals surface area contributed by atoms with Crippen molar-refractivity contribution in [3.8, 4) is 0 Å². The third-order valence-corrected chi connectivity index (χ3v) is 4.24. The van der Waals surface area contributed by atoms with Crippen molar-refractivity contribution >= 4 is 32.6 Å². The van der Waals surface area contributed by atoms with Crippen LogP contribution in [0.5, 0.6) is 0 Å². The summed E-state index contributed by atoms with van der Waals surface area (Å²) >= 11 is 3.39. The average molecular weight is 371 g/mol. The van der Waals surface area contributed by atoms with Gasteiger partial charge in [-0.25, -0.2) is 0 Å². The maximum absolute atomic E-state index is 12.4. The van der Waals surface area contributed by atoms with Crippen LogP contribution in [-0.2, 0) is 0 Å². The zero-order valence-corrected chi connectivity index (χ0v) is 14.1. The molecule has 0 saturated carbocycles. The summed E-state index contributed by atoms with van der Waals surface area (Å²) in [6.07, 6.45) is 0. The van der Waals surface area contributed by atoms with Crippen molar-refractivity contribution in [2.45, 2.75) is 13.0 Å². The number of carbonyl (C=O) groups excluding carboxylic acids is 1. The second kappa shape index (κ2) is 6.38. The van der Waals surface area contributed by atoms with Crippen LogP contribution in [0.4, 0.5) is 0 Å². The van der Waals surface area contributed by atoms with Crippen LogP contribution >= 0.6 is 15.9 Å². The standard InChI is InChI=1S/C18H15BrN2O2/c1-11(12-6-8-14(19)9-7-12)20-18(23)16-10-13-4-2-3-5-15(13)17(22)21-16/h2-11H,1H3,(H,20,23)(H,21,22). The summed E-state index contributed by atoms with van der Waals surface area (Å²) in [4.78, 5) is 27.1. The van der Waals surface area contributed by atoms with Gasteiger partial charge >= 0.3 is 0 Å². The van der Waals surface area contributed by atoms with Gasteiger partial charge in [0.15, 0.2) is 0 Å². The van der Waals surface area contributed by atoms with Gasteiger partial charge in [-0.2, -0.15) is 0 Å². The van der Waals surface area contributed by atoms with Gasteiger partial charge < -0.3 is 10.3 Å². The number of hydrogen-bond donors (Lipinski definition) is 2. The predicted molar refractivity (Wildman–Crippen MR) is 94.6 cm³/mol. The molecule has 4 nitrogen and oxygen atoms in total. The number of aromatic amines is 1. The number of H-pyrrole nitrogens is 1. The van der Waals surface area contributed by atoms with Gasteiger partial charge in [-0.15, -0.1) is 0 Å². The number of aromatic nitrogens is 1. The summed E-state index contributed by atoms with van der Waals surface area (Å²) in [5.41, 5.74) is 0.992. The van der Waals surface area contributed by atoms with Crippen molar-refractivity contribution in [2.24, 2.45) is 0 Å². The van der Waals surface area contributed by atoms with Gasteiger partial charge in [-0.05, 0) is 42.1 Å². The van der Waals surface area contributed by atoms with Gasteiger partial charge in [0.1, 0.15) is 5.69 Å². The molecule has 5 heteroatoms. The Balaban J connectivity index is 1.85. The van der Waals surface area contributed by atoms with E-state index in [1.807, 2.05) is 43.3 Å². The molecule has 0 radical (unpaired) electrons. The fraction of sp³-hybridized carbons (Fsp3) is 0.111. The lowest BCUT2D eigenvalue weighted by molar-refractivity contribution is 0.0935. The highest BCUT2D eigenvalue weighted by Crippen LogP contribution is 2.17. The van der Waals surface area contributed by atoms with Gasteiger partial charge in [0.05, 0.1) is 6.04 Å². The molecule has 23 heavy (non-hydrogen) atoms. The topological polar surface area (TPSA) is 62.0 Å². The lowest BCUT2D eigenvalue weighted by atomic mass is 10.1. The summed E-state index contributed by atoms with van der Waals surface area (Å²) in [6, 6.07) is 16.5. The van der Waals surface area contributed by atoms with E-state index < -0.39 is 0 Å². The van der Waals surface area contributed by atoms with E-state index in [1.54, 1.807) is 18.2 Å². The summed E-state index contributed by atoms with van der Waals surface area (Å²) in [5.74, 6) is -0.303. The molecule has 0 spiro atoms. The van der Waals surface area contributed by atoms with E-state index in [-0.39, 0.29) is 23.2 Å². The molecule has 1 heterocycles. The van der Waals surface area contributed by atoms with E-state index in [2.05, 4.69) is 26.2 Å². The maximum Gasteiger partial charge on any atom is 0.268 e. The molecule has 3 aromatic rings. The molecule has 3 rings (SSSR count). The molecule has 1 unspecified atom stereocenters. The summed E-state index contributed by atoms with van der Waals surface area (Å²) in [6.45, 7) is 1.90. The number of halogens is 1. The first-order chi connectivity index (χ1) is 11.0. The Kier molecular flexibility index (Phi) is 4.30. The molecule has 0 fully saturated rings. The van der Waals surface area contributed by atoms with Crippen LogP contribution in [0.1, 0.15) is 29.0 Å². The lowest BCUT2D eigenvalue weighted by Crippen LogP contribution is -2.29. The van der Waals surface area contributed by atoms with Crippen LogP contribution in [0, 0.1) is 0 Å². The first-order valence-electron chi connectivity index (χ1n) is 7.23. The summed E-state index contributed by atoms with van der Waals surface area (Å²) in [5, 5.41) is 4.22. The Morgan fingerprint density at radius 1 is 1.13 bits per heavy atom. The van der Waals surface area contributed by atoms with Gasteiger partial charge in [0, 0.05) is 9.86 Å². The molecule has 0 aliphatic carbocycles. The Bertz CT molecular complexity index is 916. The van der Waals surface area contributed by atoms with E-state index in [9.17, 15) is 9.59 Å². The minimum absolute atomic E-state index is 0.162. The summed E-state index contributed by atoms with van der Waals surface area (Å²) < 4.78 is 0.985. The zero-order valence-electron chi connectivity index (χ0n) is 12.5. The smallest absolute Gasteiger partial charge is 0.268 e. The number of fused-ring (bicyclic) bond motifs is 1. The Labute approximate surface area is 141 Å². The molecule has 2 aromatic carbocycles. The molecule has 1 atom stereocenters. The number of benzene rings is 2. The molecule has 1 aromatic heterocycles. The molecule has 0 bridgehead atoms. The average Bonchev–Trinajstić information content (AvgIpc) is 2.55. The molecule has 1 amide bonds. The highest BCUT2D eigenvalue weighted by atomic mass is 79.9. The normalized spacial score (nSPS) is 12.1. The fourth-order valence-corrected chi connectivity index (χ4v) is 2.71. The largest absolute Gasteiger partial charge is 0.344 e. The van der Waals surface area contributed by atoms with Gasteiger partial charge in [0.2, 0.25) is 0 Å². The molecule has 0 aliphatic heterocycles. The second-order valence-electron chi connectivity index (χ2n) is 5.35. The van der Waals surface area contributed by atoms with Crippen molar-refractivity contribution in [1.29, 1.82) is 0 Å². The third kappa shape index (κ3) is 3.35. The van der Waals surface area contributed by atoms with Crippen LogP contribution in [0.15, 0.2) is 63.9 Å². The zero-order chi connectivity index (χ0) is 16.4. The molecular formula is C18H15BrN2O2. The fourth-order valence-electron chi connectivity index (χ4n) is 2.44. The van der Waals surface area contributed by atoms with E-state index >= 15 is 0 Å². The molecule has 2 N–H and O–H groups in total. The van der Waals surface area contributed by atoms with Crippen molar-refractivity contribution in [3.63, 3.8) is 0 Å². The molecule has 116 valence electrons. The van der Waals surface area contributed by atoms with Crippen LogP contribution in [0.3, 0.4) is 0 Å². The number of rotatable bonds is 3. The van der Waals surface area contributed by atoms with Crippen LogP contribution in [-0.4, -0.2) is 10.9 Å². The number of carbonyl (C=O) groups is 1. The second-order valence-corrected chi connectivity index (χ2v) is 6.26. The molecule has 0 saturated heterocycles. The van der Waals surface area contributed by atoms with Crippen LogP contribution < -0.4 is 10.9 Å². The minimum Gasteiger partial charge on any atom is -0.344 e. The lowest BCUT2D eigenvalue weighted by Gasteiger charge is -2.14. The van der Waals surface area contributed by atoms with Crippen molar-refractivity contribution in [2.75, 3.05) is 0 Å². The Morgan fingerprint density at radius 2 is 1.83 bits per heavy atom. The van der Waals surface area contributed by atoms with Crippen LogP contribution in [0.2, 0.25) is 0 Å². The number of pyridine rings is 1. The number of hydrogen-bond acceptors (Lipinski definition) is 2. The maximum atomic E-state index is 12.4. The third-order valence-electron chi connectivity index (χ3n) is 3.72. The molecule has 0 aliphatic rings. The van der Waals surface area contributed by atoms with E-state index in [0.717, 1.165) is 15.4 Å². The Morgan fingerprint density at radius 3 is 2.57 bits per heavy atom. The number of nitrogens with one attached hydrogen (secondary N) is 2. The van der Waals surface area contributed by atoms with Crippen molar-refractivity contribution in [3.05, 3.63) is 80.7 Å². The van der Waals surface area contributed by atoms with E-state index in [1.165, 1.54) is 0 Å². The quantitative estimate of drug-likeness (QED) is 0.736.